The first kappa shape index (κ1) is 18.7. The van der Waals surface area contributed by atoms with Gasteiger partial charge in [0.05, 0.1) is 0 Å². The fraction of sp³-hybridized carbons (Fsp3) is 0.524. The molecule has 0 unspecified atom stereocenters. The van der Waals surface area contributed by atoms with E-state index in [1.54, 1.807) is 12.1 Å². The van der Waals surface area contributed by atoms with E-state index in [0.29, 0.717) is 17.5 Å². The molecule has 0 radical (unpaired) electrons. The zero-order valence-electron chi connectivity index (χ0n) is 16.2. The SMILES string of the molecule is Cc1ccccc1NC(=O)CN1C(=O)C(=O)N([C@H](C)[C@H]2C[C@H]3CC[C@H]2C3)C1=O. The molecule has 1 N–H and O–H groups in total. The van der Waals surface area contributed by atoms with Gasteiger partial charge in [-0.3, -0.25) is 19.3 Å². The van der Waals surface area contributed by atoms with Gasteiger partial charge in [-0.25, -0.2) is 9.69 Å². The van der Waals surface area contributed by atoms with Crippen LogP contribution >= 0.6 is 0 Å². The molecule has 4 rings (SSSR count). The van der Waals surface area contributed by atoms with Gasteiger partial charge >= 0.3 is 17.8 Å². The second kappa shape index (κ2) is 7.04. The summed E-state index contributed by atoms with van der Waals surface area (Å²) in [4.78, 5) is 51.9. The number of hydrogen-bond acceptors (Lipinski definition) is 4. The van der Waals surface area contributed by atoms with Gasteiger partial charge in [-0.05, 0) is 62.5 Å². The number of urea groups is 1. The van der Waals surface area contributed by atoms with E-state index in [-0.39, 0.29) is 12.0 Å². The van der Waals surface area contributed by atoms with Crippen molar-refractivity contribution >= 4 is 29.4 Å². The van der Waals surface area contributed by atoms with Crippen LogP contribution in [-0.2, 0) is 14.4 Å². The summed E-state index contributed by atoms with van der Waals surface area (Å²) in [6.07, 6.45) is 4.51. The predicted octanol–water partition coefficient (Wildman–Crippen LogP) is 2.55. The topological polar surface area (TPSA) is 86.8 Å². The minimum Gasteiger partial charge on any atom is -0.324 e. The normalized spacial score (nSPS) is 27.6. The van der Waals surface area contributed by atoms with Crippen molar-refractivity contribution < 1.29 is 19.2 Å². The molecule has 3 fully saturated rings. The number of para-hydroxylation sites is 1. The van der Waals surface area contributed by atoms with Gasteiger partial charge in [0.25, 0.3) is 0 Å². The Balaban J connectivity index is 1.44. The monoisotopic (exact) mass is 383 g/mol. The van der Waals surface area contributed by atoms with E-state index in [1.807, 2.05) is 26.0 Å². The van der Waals surface area contributed by atoms with Crippen molar-refractivity contribution in [1.29, 1.82) is 0 Å². The second-order valence-corrected chi connectivity index (χ2v) is 8.29. The molecule has 0 spiro atoms. The number of anilines is 1. The van der Waals surface area contributed by atoms with Crippen molar-refractivity contribution in [3.05, 3.63) is 29.8 Å². The highest BCUT2D eigenvalue weighted by molar-refractivity contribution is 6.45. The maximum atomic E-state index is 12.8. The Morgan fingerprint density at radius 3 is 2.54 bits per heavy atom. The molecule has 0 aromatic heterocycles. The van der Waals surface area contributed by atoms with Gasteiger partial charge in [-0.2, -0.15) is 0 Å². The molecule has 1 aromatic rings. The third-order valence-electron chi connectivity index (χ3n) is 6.62. The van der Waals surface area contributed by atoms with Crippen molar-refractivity contribution in [3.63, 3.8) is 0 Å². The minimum absolute atomic E-state index is 0.250. The molecule has 7 nitrogen and oxygen atoms in total. The van der Waals surface area contributed by atoms with Gasteiger partial charge in [0.1, 0.15) is 6.54 Å². The first-order valence-electron chi connectivity index (χ1n) is 9.91. The zero-order chi connectivity index (χ0) is 20.0. The van der Waals surface area contributed by atoms with Crippen LogP contribution in [0.2, 0.25) is 0 Å². The molecule has 4 atom stereocenters. The fourth-order valence-electron chi connectivity index (χ4n) is 5.14. The quantitative estimate of drug-likeness (QED) is 0.625. The summed E-state index contributed by atoms with van der Waals surface area (Å²) in [5.74, 6) is -0.784. The largest absolute Gasteiger partial charge is 0.334 e. The summed E-state index contributed by atoms with van der Waals surface area (Å²) >= 11 is 0. The Labute approximate surface area is 164 Å². The number of benzene rings is 1. The number of aryl methyl sites for hydroxylation is 1. The average molecular weight is 383 g/mol. The van der Waals surface area contributed by atoms with Crippen molar-refractivity contribution in [2.75, 3.05) is 11.9 Å². The Morgan fingerprint density at radius 1 is 1.14 bits per heavy atom. The van der Waals surface area contributed by atoms with Crippen LogP contribution < -0.4 is 5.32 Å². The molecule has 2 saturated carbocycles. The van der Waals surface area contributed by atoms with Crippen LogP contribution in [-0.4, -0.2) is 46.1 Å². The van der Waals surface area contributed by atoms with Crippen LogP contribution in [0.4, 0.5) is 10.5 Å². The average Bonchev–Trinajstić information content (AvgIpc) is 3.35. The summed E-state index contributed by atoms with van der Waals surface area (Å²) in [5.41, 5.74) is 1.49. The third kappa shape index (κ3) is 3.08. The van der Waals surface area contributed by atoms with Gasteiger partial charge in [-0.15, -0.1) is 0 Å². The second-order valence-electron chi connectivity index (χ2n) is 8.29. The standard InChI is InChI=1S/C21H25N3O4/c1-12-5-3-4-6-17(12)22-18(25)11-23-19(26)20(27)24(21(23)28)13(2)16-10-14-7-8-15(16)9-14/h3-6,13-16H,7-11H2,1-2H3,(H,22,25)/t13-,14+,15+,16-/m1/s1. The maximum absolute atomic E-state index is 12.8. The lowest BCUT2D eigenvalue weighted by atomic mass is 9.83. The lowest BCUT2D eigenvalue weighted by molar-refractivity contribution is -0.144. The molecule has 2 bridgehead atoms. The minimum atomic E-state index is -0.917. The summed E-state index contributed by atoms with van der Waals surface area (Å²) in [6.45, 7) is 3.24. The van der Waals surface area contributed by atoms with E-state index in [0.717, 1.165) is 34.6 Å². The van der Waals surface area contributed by atoms with E-state index < -0.39 is 30.3 Å². The molecule has 1 heterocycles. The van der Waals surface area contributed by atoms with Crippen LogP contribution in [0.5, 0.6) is 0 Å². The molecule has 5 amide bonds. The van der Waals surface area contributed by atoms with Gasteiger partial charge in [0.15, 0.2) is 0 Å². The van der Waals surface area contributed by atoms with E-state index in [1.165, 1.54) is 6.42 Å². The number of carbonyl (C=O) groups is 4. The van der Waals surface area contributed by atoms with Crippen LogP contribution in [0.25, 0.3) is 0 Å². The molecule has 1 aromatic carbocycles. The molecule has 2 aliphatic carbocycles. The number of amides is 5. The van der Waals surface area contributed by atoms with Gasteiger partial charge in [0.2, 0.25) is 5.91 Å². The summed E-state index contributed by atoms with van der Waals surface area (Å²) in [6, 6.07) is 6.25. The van der Waals surface area contributed by atoms with E-state index >= 15 is 0 Å². The van der Waals surface area contributed by atoms with Crippen LogP contribution in [0, 0.1) is 24.7 Å². The number of rotatable bonds is 5. The number of carbonyl (C=O) groups excluding carboxylic acids is 4. The fourth-order valence-corrected chi connectivity index (χ4v) is 5.14. The Kier molecular flexibility index (Phi) is 4.69. The molecule has 1 aliphatic heterocycles. The van der Waals surface area contributed by atoms with Crippen LogP contribution in [0.15, 0.2) is 24.3 Å². The molecular formula is C21H25N3O4. The highest BCUT2D eigenvalue weighted by atomic mass is 16.2. The van der Waals surface area contributed by atoms with E-state index in [4.69, 9.17) is 0 Å². The lowest BCUT2D eigenvalue weighted by Gasteiger charge is -2.32. The molecular weight excluding hydrogens is 358 g/mol. The van der Waals surface area contributed by atoms with Crippen molar-refractivity contribution in [2.24, 2.45) is 17.8 Å². The number of fused-ring (bicyclic) bond motifs is 2. The lowest BCUT2D eigenvalue weighted by Crippen LogP contribution is -2.45. The Morgan fingerprint density at radius 2 is 1.89 bits per heavy atom. The van der Waals surface area contributed by atoms with Crippen LogP contribution in [0.3, 0.4) is 0 Å². The van der Waals surface area contributed by atoms with Crippen molar-refractivity contribution in [1.82, 2.24) is 9.80 Å². The number of hydrogen-bond donors (Lipinski definition) is 1. The Bertz CT molecular complexity index is 852. The van der Waals surface area contributed by atoms with E-state index in [2.05, 4.69) is 5.32 Å². The van der Waals surface area contributed by atoms with E-state index in [9.17, 15) is 19.2 Å². The molecule has 28 heavy (non-hydrogen) atoms. The predicted molar refractivity (Wildman–Crippen MR) is 102 cm³/mol. The highest BCUT2D eigenvalue weighted by Gasteiger charge is 2.52. The first-order valence-corrected chi connectivity index (χ1v) is 9.91. The third-order valence-corrected chi connectivity index (χ3v) is 6.62. The van der Waals surface area contributed by atoms with Gasteiger partial charge < -0.3 is 5.32 Å². The van der Waals surface area contributed by atoms with Gasteiger partial charge in [-0.1, -0.05) is 24.6 Å². The number of nitrogens with zero attached hydrogens (tertiary/aromatic N) is 2. The van der Waals surface area contributed by atoms with Gasteiger partial charge in [0, 0.05) is 11.7 Å². The summed E-state index contributed by atoms with van der Waals surface area (Å²) in [7, 11) is 0. The zero-order valence-corrected chi connectivity index (χ0v) is 16.2. The van der Waals surface area contributed by atoms with Crippen molar-refractivity contribution in [2.45, 2.75) is 45.6 Å². The number of imide groups is 2. The number of nitrogens with one attached hydrogen (secondary N) is 1. The molecule has 148 valence electrons. The molecule has 1 saturated heterocycles. The smallest absolute Gasteiger partial charge is 0.324 e. The maximum Gasteiger partial charge on any atom is 0.334 e. The summed E-state index contributed by atoms with van der Waals surface area (Å²) in [5, 5.41) is 2.70. The Hall–Kier alpha value is -2.70. The van der Waals surface area contributed by atoms with Crippen LogP contribution in [0.1, 0.15) is 38.2 Å². The summed E-state index contributed by atoms with van der Waals surface area (Å²) < 4.78 is 0. The highest BCUT2D eigenvalue weighted by Crippen LogP contribution is 2.50. The first-order chi connectivity index (χ1) is 13.4. The van der Waals surface area contributed by atoms with Crippen molar-refractivity contribution in [3.8, 4) is 0 Å². The molecule has 3 aliphatic rings. The molecule has 7 heteroatoms.